The van der Waals surface area contributed by atoms with Crippen molar-refractivity contribution in [3.05, 3.63) is 175 Å². The van der Waals surface area contributed by atoms with E-state index in [-0.39, 0.29) is 5.41 Å². The largest absolute Gasteiger partial charge is 0.248 e. The number of hydrogen-bond donors (Lipinski definition) is 0. The van der Waals surface area contributed by atoms with Gasteiger partial charge in [0.25, 0.3) is 0 Å². The third-order valence-corrected chi connectivity index (χ3v) is 9.85. The fourth-order valence-corrected chi connectivity index (χ4v) is 7.45. The van der Waals surface area contributed by atoms with Gasteiger partial charge in [-0.05, 0) is 57.6 Å². The van der Waals surface area contributed by atoms with Gasteiger partial charge in [0.1, 0.15) is 0 Å². The molecule has 0 spiro atoms. The minimum atomic E-state index is -0.206. The molecule has 0 unspecified atom stereocenters. The third kappa shape index (κ3) is 4.94. The standard InChI is InChI=1S/C46H33N3/c1-46(2)39-24-13-12-23-36(39)37-25-26-38-43(32-19-10-5-11-20-32)48-45(49-44(38)42(37)46)34-22-14-21-33(27-34)41-29-35(30-15-6-3-7-16-30)28-40(47-41)31-17-8-4-9-18-31/h3-29H,1-2H3. The molecule has 0 saturated heterocycles. The van der Waals surface area contributed by atoms with Crippen LogP contribution in [-0.4, -0.2) is 15.0 Å². The molecule has 1 aliphatic carbocycles. The van der Waals surface area contributed by atoms with Gasteiger partial charge in [0.2, 0.25) is 0 Å². The molecule has 6 aromatic carbocycles. The molecular formula is C46H33N3. The Morgan fingerprint density at radius 3 is 1.73 bits per heavy atom. The van der Waals surface area contributed by atoms with Gasteiger partial charge in [-0.25, -0.2) is 15.0 Å². The van der Waals surface area contributed by atoms with E-state index in [4.69, 9.17) is 15.0 Å². The molecule has 9 rings (SSSR count). The van der Waals surface area contributed by atoms with Crippen LogP contribution in [0.2, 0.25) is 0 Å². The van der Waals surface area contributed by atoms with E-state index in [0.717, 1.165) is 61.4 Å². The number of aromatic nitrogens is 3. The molecule has 0 N–H and O–H groups in total. The van der Waals surface area contributed by atoms with Crippen LogP contribution in [0.4, 0.5) is 0 Å². The van der Waals surface area contributed by atoms with E-state index < -0.39 is 0 Å². The zero-order chi connectivity index (χ0) is 33.0. The summed E-state index contributed by atoms with van der Waals surface area (Å²) in [6.07, 6.45) is 0. The van der Waals surface area contributed by atoms with Crippen molar-refractivity contribution >= 4 is 10.9 Å². The number of fused-ring (bicyclic) bond motifs is 5. The van der Waals surface area contributed by atoms with Gasteiger partial charge < -0.3 is 0 Å². The summed E-state index contributed by atoms with van der Waals surface area (Å²) in [4.78, 5) is 15.9. The minimum Gasteiger partial charge on any atom is -0.248 e. The van der Waals surface area contributed by atoms with Crippen LogP contribution in [0.3, 0.4) is 0 Å². The Balaban J connectivity index is 1.25. The smallest absolute Gasteiger partial charge is 0.160 e. The van der Waals surface area contributed by atoms with Gasteiger partial charge in [-0.3, -0.25) is 0 Å². The van der Waals surface area contributed by atoms with Crippen molar-refractivity contribution in [1.29, 1.82) is 0 Å². The zero-order valence-electron chi connectivity index (χ0n) is 27.4. The van der Waals surface area contributed by atoms with Crippen molar-refractivity contribution < 1.29 is 0 Å². The van der Waals surface area contributed by atoms with Crippen LogP contribution in [0, 0.1) is 0 Å². The molecule has 0 amide bonds. The first kappa shape index (κ1) is 29.0. The maximum absolute atomic E-state index is 5.42. The van der Waals surface area contributed by atoms with E-state index in [1.165, 1.54) is 22.3 Å². The highest BCUT2D eigenvalue weighted by Crippen LogP contribution is 2.51. The molecule has 2 heterocycles. The van der Waals surface area contributed by atoms with Gasteiger partial charge in [0.15, 0.2) is 5.82 Å². The molecule has 0 saturated carbocycles. The summed E-state index contributed by atoms with van der Waals surface area (Å²) in [5.74, 6) is 0.704. The van der Waals surface area contributed by atoms with E-state index in [1.807, 2.05) is 6.07 Å². The lowest BCUT2D eigenvalue weighted by Gasteiger charge is -2.23. The summed E-state index contributed by atoms with van der Waals surface area (Å²) in [5, 5.41) is 1.07. The Kier molecular flexibility index (Phi) is 6.80. The summed E-state index contributed by atoms with van der Waals surface area (Å²) in [6.45, 7) is 4.63. The maximum atomic E-state index is 5.42. The van der Waals surface area contributed by atoms with E-state index >= 15 is 0 Å². The van der Waals surface area contributed by atoms with Gasteiger partial charge in [-0.15, -0.1) is 0 Å². The Morgan fingerprint density at radius 2 is 1.00 bits per heavy atom. The Bertz CT molecular complexity index is 2440. The van der Waals surface area contributed by atoms with E-state index in [1.54, 1.807) is 0 Å². The van der Waals surface area contributed by atoms with Crippen LogP contribution in [0.25, 0.3) is 78.3 Å². The van der Waals surface area contributed by atoms with Gasteiger partial charge in [-0.1, -0.05) is 153 Å². The number of nitrogens with zero attached hydrogens (tertiary/aromatic N) is 3. The summed E-state index contributed by atoms with van der Waals surface area (Å²) in [5.41, 5.74) is 15.1. The molecule has 3 nitrogen and oxygen atoms in total. The van der Waals surface area contributed by atoms with Crippen LogP contribution in [0.5, 0.6) is 0 Å². The van der Waals surface area contributed by atoms with Crippen molar-refractivity contribution in [2.45, 2.75) is 19.3 Å². The van der Waals surface area contributed by atoms with Crippen LogP contribution < -0.4 is 0 Å². The number of hydrogen-bond acceptors (Lipinski definition) is 3. The molecule has 0 fully saturated rings. The second-order valence-electron chi connectivity index (χ2n) is 13.3. The fourth-order valence-electron chi connectivity index (χ4n) is 7.45. The predicted molar refractivity (Wildman–Crippen MR) is 202 cm³/mol. The summed E-state index contributed by atoms with van der Waals surface area (Å²) in [6, 6.07) is 57.5. The molecule has 8 aromatic rings. The van der Waals surface area contributed by atoms with Crippen molar-refractivity contribution in [3.8, 4) is 67.4 Å². The highest BCUT2D eigenvalue weighted by Gasteiger charge is 2.37. The maximum Gasteiger partial charge on any atom is 0.160 e. The third-order valence-electron chi connectivity index (χ3n) is 9.85. The van der Waals surface area contributed by atoms with Gasteiger partial charge in [0.05, 0.1) is 22.6 Å². The molecule has 232 valence electrons. The van der Waals surface area contributed by atoms with Crippen molar-refractivity contribution in [1.82, 2.24) is 15.0 Å². The second-order valence-corrected chi connectivity index (χ2v) is 13.3. The summed E-state index contributed by atoms with van der Waals surface area (Å²) < 4.78 is 0. The molecular weight excluding hydrogens is 595 g/mol. The second kappa shape index (κ2) is 11.5. The predicted octanol–water partition coefficient (Wildman–Crippen LogP) is 11.7. The van der Waals surface area contributed by atoms with Gasteiger partial charge in [-0.2, -0.15) is 0 Å². The molecule has 2 aromatic heterocycles. The fraction of sp³-hybridized carbons (Fsp3) is 0.0652. The summed E-state index contributed by atoms with van der Waals surface area (Å²) in [7, 11) is 0. The van der Waals surface area contributed by atoms with Crippen molar-refractivity contribution in [2.75, 3.05) is 0 Å². The average Bonchev–Trinajstić information content (AvgIpc) is 3.41. The van der Waals surface area contributed by atoms with Crippen molar-refractivity contribution in [2.24, 2.45) is 0 Å². The van der Waals surface area contributed by atoms with E-state index in [0.29, 0.717) is 5.82 Å². The lowest BCUT2D eigenvalue weighted by Crippen LogP contribution is -2.16. The highest BCUT2D eigenvalue weighted by atomic mass is 14.9. The average molecular weight is 628 g/mol. The Morgan fingerprint density at radius 1 is 0.408 bits per heavy atom. The van der Waals surface area contributed by atoms with Crippen LogP contribution in [-0.2, 0) is 5.41 Å². The topological polar surface area (TPSA) is 38.7 Å². The first-order valence-corrected chi connectivity index (χ1v) is 16.8. The Hall–Kier alpha value is -6.19. The van der Waals surface area contributed by atoms with Gasteiger partial charge >= 0.3 is 0 Å². The highest BCUT2D eigenvalue weighted by molar-refractivity contribution is 6.01. The summed E-state index contributed by atoms with van der Waals surface area (Å²) >= 11 is 0. The van der Waals surface area contributed by atoms with Crippen LogP contribution >= 0.6 is 0 Å². The lowest BCUT2D eigenvalue weighted by molar-refractivity contribution is 0.664. The molecule has 3 heteroatoms. The zero-order valence-corrected chi connectivity index (χ0v) is 27.4. The number of pyridine rings is 1. The quantitative estimate of drug-likeness (QED) is 0.191. The van der Waals surface area contributed by atoms with Crippen molar-refractivity contribution in [3.63, 3.8) is 0 Å². The van der Waals surface area contributed by atoms with E-state index in [2.05, 4.69) is 172 Å². The minimum absolute atomic E-state index is 0.206. The first-order chi connectivity index (χ1) is 24.0. The number of benzene rings is 6. The van der Waals surface area contributed by atoms with E-state index in [9.17, 15) is 0 Å². The van der Waals surface area contributed by atoms with Gasteiger partial charge in [0, 0.05) is 33.1 Å². The SMILES string of the molecule is CC1(C)c2ccccc2-c2ccc3c(-c4ccccc4)nc(-c4cccc(-c5cc(-c6ccccc6)cc(-c6ccccc6)n5)c4)nc3c21. The number of rotatable bonds is 5. The monoisotopic (exact) mass is 627 g/mol. The first-order valence-electron chi connectivity index (χ1n) is 16.8. The molecule has 0 aliphatic heterocycles. The molecule has 49 heavy (non-hydrogen) atoms. The van der Waals surface area contributed by atoms with Crippen LogP contribution in [0.1, 0.15) is 25.0 Å². The normalized spacial score (nSPS) is 12.9. The van der Waals surface area contributed by atoms with Crippen LogP contribution in [0.15, 0.2) is 164 Å². The molecule has 1 aliphatic rings. The molecule has 0 atom stereocenters. The Labute approximate surface area is 286 Å². The lowest BCUT2D eigenvalue weighted by atomic mass is 9.81. The molecule has 0 bridgehead atoms. The molecule has 0 radical (unpaired) electrons.